The van der Waals surface area contributed by atoms with Crippen molar-refractivity contribution in [2.24, 2.45) is 0 Å². The standard InChI is InChI=1S/C44H81O11P/c1-3-5-7-8-9-10-11-12-13-14-15-16-17-18-23-26-30-34-44(48)54-40(38-53-56(49,50)52-36-39(46)35-45)37-51-43(47)33-29-25-22-20-19-21-24-28-32-42-41(55-42)31-27-6-4-2/h12-13,24,28,39-42,45-46H,3-11,14-23,25-27,29-38H2,1-2H3,(H,49,50)/b13-12-,28-24-/t39-,40+,41?,42?/m0/s1. The van der Waals surface area contributed by atoms with Gasteiger partial charge in [-0.3, -0.25) is 18.6 Å². The van der Waals surface area contributed by atoms with E-state index in [2.05, 4.69) is 38.2 Å². The van der Waals surface area contributed by atoms with Crippen LogP contribution in [0.25, 0.3) is 0 Å². The molecule has 12 heteroatoms. The molecule has 0 bridgehead atoms. The molecule has 3 N–H and O–H groups in total. The van der Waals surface area contributed by atoms with Gasteiger partial charge in [0.1, 0.15) is 12.7 Å². The summed E-state index contributed by atoms with van der Waals surface area (Å²) in [5.74, 6) is -0.947. The monoisotopic (exact) mass is 817 g/mol. The minimum atomic E-state index is -4.62. The fourth-order valence-electron chi connectivity index (χ4n) is 6.41. The van der Waals surface area contributed by atoms with Crippen LogP contribution >= 0.6 is 7.82 Å². The quantitative estimate of drug-likeness (QED) is 0.0177. The second-order valence-corrected chi connectivity index (χ2v) is 16.9. The van der Waals surface area contributed by atoms with Gasteiger partial charge in [0.25, 0.3) is 0 Å². The van der Waals surface area contributed by atoms with Crippen molar-refractivity contribution in [2.75, 3.05) is 26.4 Å². The Kier molecular flexibility index (Phi) is 34.2. The van der Waals surface area contributed by atoms with Crippen LogP contribution in [0.4, 0.5) is 0 Å². The number of phosphoric acid groups is 1. The van der Waals surface area contributed by atoms with Gasteiger partial charge < -0.3 is 29.3 Å². The minimum Gasteiger partial charge on any atom is -0.462 e. The molecule has 0 aromatic carbocycles. The van der Waals surface area contributed by atoms with Gasteiger partial charge >= 0.3 is 19.8 Å². The van der Waals surface area contributed by atoms with E-state index in [1.54, 1.807) is 0 Å². The van der Waals surface area contributed by atoms with Gasteiger partial charge in [-0.15, -0.1) is 0 Å². The van der Waals surface area contributed by atoms with Gasteiger partial charge in [0.05, 0.1) is 32.0 Å². The number of carbonyl (C=O) groups is 2. The molecule has 0 spiro atoms. The predicted octanol–water partition coefficient (Wildman–Crippen LogP) is 10.8. The largest absolute Gasteiger partial charge is 0.472 e. The maximum Gasteiger partial charge on any atom is 0.472 e. The number of aliphatic hydroxyl groups is 2. The van der Waals surface area contributed by atoms with Crippen LogP contribution in [0.5, 0.6) is 0 Å². The minimum absolute atomic E-state index is 0.175. The highest BCUT2D eigenvalue weighted by molar-refractivity contribution is 7.47. The molecule has 0 saturated carbocycles. The van der Waals surface area contributed by atoms with Crippen molar-refractivity contribution >= 4 is 19.8 Å². The Balaban J connectivity index is 2.23. The molecule has 328 valence electrons. The molecule has 11 nitrogen and oxygen atoms in total. The number of rotatable bonds is 41. The zero-order valence-electron chi connectivity index (χ0n) is 35.3. The first-order valence-electron chi connectivity index (χ1n) is 22.4. The molecule has 3 unspecified atom stereocenters. The van der Waals surface area contributed by atoms with Gasteiger partial charge in [-0.05, 0) is 64.2 Å². The third-order valence-electron chi connectivity index (χ3n) is 10.0. The lowest BCUT2D eigenvalue weighted by atomic mass is 10.1. The molecule has 1 rings (SSSR count). The summed E-state index contributed by atoms with van der Waals surface area (Å²) in [6, 6.07) is 0. The Hall–Kier alpha value is -1.59. The number of aliphatic hydroxyl groups excluding tert-OH is 2. The third-order valence-corrected chi connectivity index (χ3v) is 11.0. The van der Waals surface area contributed by atoms with Crippen molar-refractivity contribution < 1.29 is 52.5 Å². The number of phosphoric ester groups is 1. The molecule has 0 amide bonds. The van der Waals surface area contributed by atoms with Gasteiger partial charge in [0, 0.05) is 12.8 Å². The molecule has 1 heterocycles. The number of hydrogen-bond donors (Lipinski definition) is 3. The average Bonchev–Trinajstić information content (AvgIpc) is 3.94. The Labute approximate surface area is 340 Å². The van der Waals surface area contributed by atoms with E-state index in [-0.39, 0.29) is 19.4 Å². The normalized spacial score (nSPS) is 17.7. The second kappa shape index (κ2) is 36.5. The van der Waals surface area contributed by atoms with Crippen LogP contribution in [0.1, 0.15) is 194 Å². The van der Waals surface area contributed by atoms with Crippen molar-refractivity contribution in [3.8, 4) is 0 Å². The Morgan fingerprint density at radius 2 is 1.11 bits per heavy atom. The molecule has 1 aliphatic rings. The third kappa shape index (κ3) is 33.4. The summed E-state index contributed by atoms with van der Waals surface area (Å²) in [4.78, 5) is 35.0. The maximum atomic E-state index is 12.6. The van der Waals surface area contributed by atoms with Gasteiger partial charge in [0.15, 0.2) is 6.10 Å². The summed E-state index contributed by atoms with van der Waals surface area (Å²) in [5, 5.41) is 18.3. The van der Waals surface area contributed by atoms with E-state index < -0.39 is 51.8 Å². The van der Waals surface area contributed by atoms with Crippen LogP contribution in [-0.4, -0.2) is 77.9 Å². The number of epoxide rings is 1. The molecule has 0 radical (unpaired) electrons. The smallest absolute Gasteiger partial charge is 0.462 e. The molecular formula is C44H81O11P. The summed E-state index contributed by atoms with van der Waals surface area (Å²) in [5.41, 5.74) is 0. The van der Waals surface area contributed by atoms with Crippen LogP contribution in [0, 0.1) is 0 Å². The van der Waals surface area contributed by atoms with Crippen LogP contribution in [0.3, 0.4) is 0 Å². The first-order chi connectivity index (χ1) is 27.2. The van der Waals surface area contributed by atoms with E-state index in [0.29, 0.717) is 25.0 Å². The number of allylic oxidation sites excluding steroid dienone is 3. The van der Waals surface area contributed by atoms with E-state index in [0.717, 1.165) is 64.2 Å². The van der Waals surface area contributed by atoms with E-state index in [1.165, 1.54) is 89.9 Å². The highest BCUT2D eigenvalue weighted by atomic mass is 31.2. The number of hydrogen-bond acceptors (Lipinski definition) is 10. The Bertz CT molecular complexity index is 1050. The summed E-state index contributed by atoms with van der Waals surface area (Å²) in [6.45, 7) is 2.33. The molecule has 1 saturated heterocycles. The molecule has 5 atom stereocenters. The lowest BCUT2D eigenvalue weighted by Crippen LogP contribution is -2.29. The molecule has 1 fully saturated rings. The maximum absolute atomic E-state index is 12.6. The molecular weight excluding hydrogens is 735 g/mol. The van der Waals surface area contributed by atoms with Crippen molar-refractivity contribution in [2.45, 2.75) is 218 Å². The highest BCUT2D eigenvalue weighted by Gasteiger charge is 2.36. The van der Waals surface area contributed by atoms with Crippen molar-refractivity contribution in [3.05, 3.63) is 24.3 Å². The summed E-state index contributed by atoms with van der Waals surface area (Å²) >= 11 is 0. The number of unbranched alkanes of at least 4 members (excludes halogenated alkanes) is 20. The number of ether oxygens (including phenoxy) is 3. The highest BCUT2D eigenvalue weighted by Crippen LogP contribution is 2.43. The lowest BCUT2D eigenvalue weighted by Gasteiger charge is -2.20. The fraction of sp³-hybridized carbons (Fsp3) is 0.864. The first-order valence-corrected chi connectivity index (χ1v) is 23.9. The molecule has 0 aliphatic carbocycles. The van der Waals surface area contributed by atoms with Gasteiger partial charge in [-0.1, -0.05) is 141 Å². The van der Waals surface area contributed by atoms with Crippen LogP contribution in [0.2, 0.25) is 0 Å². The summed E-state index contributed by atoms with van der Waals surface area (Å²) < 4.78 is 38.5. The van der Waals surface area contributed by atoms with Crippen LogP contribution in [-0.2, 0) is 37.4 Å². The second-order valence-electron chi connectivity index (χ2n) is 15.5. The Morgan fingerprint density at radius 3 is 1.68 bits per heavy atom. The molecule has 0 aromatic rings. The van der Waals surface area contributed by atoms with Gasteiger partial charge in [0.2, 0.25) is 0 Å². The van der Waals surface area contributed by atoms with Gasteiger partial charge in [-0.2, -0.15) is 0 Å². The van der Waals surface area contributed by atoms with Crippen LogP contribution < -0.4 is 0 Å². The first kappa shape index (κ1) is 52.4. The average molecular weight is 817 g/mol. The summed E-state index contributed by atoms with van der Waals surface area (Å²) in [6.07, 6.45) is 37.4. The SMILES string of the molecule is CCCCCCCC/C=C\CCCCCCCCCC(=O)O[C@H](COC(=O)CCCCCCC/C=C\CC1OC1CCCCC)COP(=O)(O)OC[C@@H](O)CO. The topological polar surface area (TPSA) is 161 Å². The van der Waals surface area contributed by atoms with E-state index >= 15 is 0 Å². The van der Waals surface area contributed by atoms with Crippen LogP contribution in [0.15, 0.2) is 24.3 Å². The van der Waals surface area contributed by atoms with Crippen molar-refractivity contribution in [3.63, 3.8) is 0 Å². The zero-order valence-corrected chi connectivity index (χ0v) is 36.2. The zero-order chi connectivity index (χ0) is 41.0. The molecule has 1 aliphatic heterocycles. The lowest BCUT2D eigenvalue weighted by molar-refractivity contribution is -0.161. The van der Waals surface area contributed by atoms with E-state index in [4.69, 9.17) is 28.4 Å². The molecule has 0 aromatic heterocycles. The number of carbonyl (C=O) groups excluding carboxylic acids is 2. The van der Waals surface area contributed by atoms with Crippen molar-refractivity contribution in [1.29, 1.82) is 0 Å². The van der Waals surface area contributed by atoms with E-state index in [9.17, 15) is 24.2 Å². The van der Waals surface area contributed by atoms with Gasteiger partial charge in [-0.25, -0.2) is 4.57 Å². The summed E-state index contributed by atoms with van der Waals surface area (Å²) in [7, 11) is -4.62. The molecule has 56 heavy (non-hydrogen) atoms. The predicted molar refractivity (Wildman–Crippen MR) is 223 cm³/mol. The Morgan fingerprint density at radius 1 is 0.625 bits per heavy atom. The van der Waals surface area contributed by atoms with Crippen molar-refractivity contribution in [1.82, 2.24) is 0 Å². The number of esters is 2. The van der Waals surface area contributed by atoms with E-state index in [1.807, 2.05) is 0 Å². The fourth-order valence-corrected chi connectivity index (χ4v) is 7.20.